The standard InChI is InChI=1S/C14H21O3PS/c1-11(2)16-18(15,17-12(3)4)13(5)19-14-9-7-6-8-10-14/h6-12H,5H2,1-4H3. The van der Waals surface area contributed by atoms with Gasteiger partial charge in [0.15, 0.2) is 0 Å². The van der Waals surface area contributed by atoms with Gasteiger partial charge in [0.05, 0.1) is 16.9 Å². The van der Waals surface area contributed by atoms with E-state index < -0.39 is 7.60 Å². The van der Waals surface area contributed by atoms with Crippen molar-refractivity contribution in [2.75, 3.05) is 0 Å². The minimum atomic E-state index is -3.32. The van der Waals surface area contributed by atoms with E-state index in [0.29, 0.717) is 4.65 Å². The number of rotatable bonds is 7. The predicted molar refractivity (Wildman–Crippen MR) is 81.5 cm³/mol. The van der Waals surface area contributed by atoms with Gasteiger partial charge in [0.25, 0.3) is 0 Å². The van der Waals surface area contributed by atoms with E-state index >= 15 is 0 Å². The molecule has 0 saturated carbocycles. The summed E-state index contributed by atoms with van der Waals surface area (Å²) in [5.41, 5.74) is 0. The average Bonchev–Trinajstić information content (AvgIpc) is 2.27. The molecule has 0 atom stereocenters. The average molecular weight is 300 g/mol. The van der Waals surface area contributed by atoms with Crippen LogP contribution in [0.5, 0.6) is 0 Å². The lowest BCUT2D eigenvalue weighted by Crippen LogP contribution is -2.08. The Balaban J connectivity index is 2.86. The van der Waals surface area contributed by atoms with Crippen molar-refractivity contribution in [1.82, 2.24) is 0 Å². The van der Waals surface area contributed by atoms with Gasteiger partial charge in [-0.15, -0.1) is 0 Å². The summed E-state index contributed by atoms with van der Waals surface area (Å²) in [5.74, 6) is 0. The number of benzene rings is 1. The SMILES string of the molecule is C=C(Sc1ccccc1)P(=O)(OC(C)C)OC(C)C. The van der Waals surface area contributed by atoms with Crippen LogP contribution in [0.15, 0.2) is 46.5 Å². The summed E-state index contributed by atoms with van der Waals surface area (Å²) in [7, 11) is -3.32. The minimum absolute atomic E-state index is 0.183. The highest BCUT2D eigenvalue weighted by atomic mass is 32.2. The molecule has 0 aliphatic rings. The molecule has 1 rings (SSSR count). The lowest BCUT2D eigenvalue weighted by Gasteiger charge is -2.23. The third kappa shape index (κ3) is 5.53. The zero-order valence-corrected chi connectivity index (χ0v) is 13.5. The van der Waals surface area contributed by atoms with Crippen LogP contribution in [0.4, 0.5) is 0 Å². The van der Waals surface area contributed by atoms with E-state index in [9.17, 15) is 4.57 Å². The molecule has 0 spiro atoms. The molecule has 1 aromatic rings. The van der Waals surface area contributed by atoms with E-state index in [2.05, 4.69) is 6.58 Å². The monoisotopic (exact) mass is 300 g/mol. The van der Waals surface area contributed by atoms with Gasteiger partial charge in [-0.1, -0.05) is 36.5 Å². The van der Waals surface area contributed by atoms with Crippen LogP contribution in [-0.2, 0) is 13.6 Å². The van der Waals surface area contributed by atoms with Gasteiger partial charge in [0, 0.05) is 4.90 Å². The summed E-state index contributed by atoms with van der Waals surface area (Å²) in [6, 6.07) is 9.65. The number of hydrogen-bond donors (Lipinski definition) is 0. The van der Waals surface area contributed by atoms with Gasteiger partial charge in [-0.25, -0.2) is 0 Å². The highest BCUT2D eigenvalue weighted by molar-refractivity contribution is 8.10. The van der Waals surface area contributed by atoms with Crippen molar-refractivity contribution in [3.05, 3.63) is 41.6 Å². The lowest BCUT2D eigenvalue weighted by atomic mass is 10.4. The first-order chi connectivity index (χ1) is 8.83. The molecule has 0 heterocycles. The van der Waals surface area contributed by atoms with E-state index in [1.807, 2.05) is 58.0 Å². The van der Waals surface area contributed by atoms with E-state index in [1.54, 1.807) is 0 Å². The molecule has 0 N–H and O–H groups in total. The molecule has 0 aromatic heterocycles. The van der Waals surface area contributed by atoms with Gasteiger partial charge in [-0.2, -0.15) is 0 Å². The molecular weight excluding hydrogens is 279 g/mol. The third-order valence-electron chi connectivity index (χ3n) is 1.98. The van der Waals surface area contributed by atoms with E-state index in [4.69, 9.17) is 9.05 Å². The van der Waals surface area contributed by atoms with E-state index in [0.717, 1.165) is 4.90 Å². The van der Waals surface area contributed by atoms with Crippen molar-refractivity contribution >= 4 is 19.4 Å². The minimum Gasteiger partial charge on any atom is -0.302 e. The molecule has 0 fully saturated rings. The first kappa shape index (κ1) is 16.5. The Morgan fingerprint density at radius 1 is 1.11 bits per heavy atom. The predicted octanol–water partition coefficient (Wildman–Crippen LogP) is 5.29. The molecule has 106 valence electrons. The molecular formula is C14H21O3PS. The van der Waals surface area contributed by atoms with Gasteiger partial charge in [0.2, 0.25) is 0 Å². The molecule has 0 aliphatic heterocycles. The van der Waals surface area contributed by atoms with E-state index in [1.165, 1.54) is 11.8 Å². The Morgan fingerprint density at radius 2 is 1.58 bits per heavy atom. The maximum absolute atomic E-state index is 12.8. The molecule has 0 amide bonds. The fourth-order valence-corrected chi connectivity index (χ4v) is 4.36. The van der Waals surface area contributed by atoms with Gasteiger partial charge in [-0.05, 0) is 39.8 Å². The summed E-state index contributed by atoms with van der Waals surface area (Å²) >= 11 is 1.33. The largest absolute Gasteiger partial charge is 0.367 e. The highest BCUT2D eigenvalue weighted by Crippen LogP contribution is 2.62. The molecule has 1 aromatic carbocycles. The van der Waals surface area contributed by atoms with Crippen molar-refractivity contribution < 1.29 is 13.6 Å². The lowest BCUT2D eigenvalue weighted by molar-refractivity contribution is 0.149. The molecule has 0 radical (unpaired) electrons. The highest BCUT2D eigenvalue weighted by Gasteiger charge is 2.32. The summed E-state index contributed by atoms with van der Waals surface area (Å²) < 4.78 is 24.2. The topological polar surface area (TPSA) is 35.5 Å². The van der Waals surface area contributed by atoms with Crippen molar-refractivity contribution in [2.45, 2.75) is 44.8 Å². The van der Waals surface area contributed by atoms with Crippen LogP contribution in [0.25, 0.3) is 0 Å². The molecule has 19 heavy (non-hydrogen) atoms. The van der Waals surface area contributed by atoms with Crippen molar-refractivity contribution in [2.24, 2.45) is 0 Å². The molecule has 0 bridgehead atoms. The van der Waals surface area contributed by atoms with Gasteiger partial charge >= 0.3 is 7.60 Å². The Kier molecular flexibility index (Phi) is 6.34. The molecule has 3 nitrogen and oxygen atoms in total. The van der Waals surface area contributed by atoms with Crippen LogP contribution in [-0.4, -0.2) is 12.2 Å². The summed E-state index contributed by atoms with van der Waals surface area (Å²) in [5, 5.41) is 0. The summed E-state index contributed by atoms with van der Waals surface area (Å²) in [4.78, 5) is 0.965. The quantitative estimate of drug-likeness (QED) is 0.506. The van der Waals surface area contributed by atoms with Crippen molar-refractivity contribution in [3.8, 4) is 0 Å². The van der Waals surface area contributed by atoms with Crippen LogP contribution >= 0.6 is 19.4 Å². The van der Waals surface area contributed by atoms with Crippen LogP contribution in [0.3, 0.4) is 0 Å². The Labute approximate surface area is 119 Å². The zero-order chi connectivity index (χ0) is 14.5. The first-order valence-corrected chi connectivity index (χ1v) is 8.58. The van der Waals surface area contributed by atoms with Crippen LogP contribution in [0.2, 0.25) is 0 Å². The maximum Gasteiger partial charge on any atom is 0.367 e. The summed E-state index contributed by atoms with van der Waals surface area (Å²) in [6.07, 6.45) is -0.365. The second-order valence-electron chi connectivity index (χ2n) is 4.61. The zero-order valence-electron chi connectivity index (χ0n) is 11.8. The van der Waals surface area contributed by atoms with Gasteiger partial charge in [0.1, 0.15) is 0 Å². The Morgan fingerprint density at radius 3 is 2.00 bits per heavy atom. The molecule has 0 saturated heterocycles. The third-order valence-corrected chi connectivity index (χ3v) is 5.68. The van der Waals surface area contributed by atoms with Crippen molar-refractivity contribution in [1.29, 1.82) is 0 Å². The van der Waals surface area contributed by atoms with Crippen molar-refractivity contribution in [3.63, 3.8) is 0 Å². The second-order valence-corrected chi connectivity index (χ2v) is 8.04. The normalized spacial score (nSPS) is 12.1. The second kappa shape index (κ2) is 7.30. The maximum atomic E-state index is 12.8. The molecule has 0 unspecified atom stereocenters. The van der Waals surface area contributed by atoms with E-state index in [-0.39, 0.29) is 12.2 Å². The Bertz CT molecular complexity index is 443. The Hall–Kier alpha value is -0.540. The summed E-state index contributed by atoms with van der Waals surface area (Å²) in [6.45, 7) is 11.2. The fraction of sp³-hybridized carbons (Fsp3) is 0.429. The number of hydrogen-bond acceptors (Lipinski definition) is 4. The molecule has 0 aliphatic carbocycles. The van der Waals surface area contributed by atoms with Crippen LogP contribution < -0.4 is 0 Å². The van der Waals surface area contributed by atoms with Crippen LogP contribution in [0, 0.1) is 0 Å². The fourth-order valence-electron chi connectivity index (χ4n) is 1.38. The molecule has 5 heteroatoms. The van der Waals surface area contributed by atoms with Crippen LogP contribution in [0.1, 0.15) is 27.7 Å². The first-order valence-electron chi connectivity index (χ1n) is 6.22. The van der Waals surface area contributed by atoms with Gasteiger partial charge in [-0.3, -0.25) is 4.57 Å². The number of thioether (sulfide) groups is 1. The van der Waals surface area contributed by atoms with Gasteiger partial charge < -0.3 is 9.05 Å². The smallest absolute Gasteiger partial charge is 0.302 e.